The molecule has 1 amide bonds. The van der Waals surface area contributed by atoms with Crippen molar-refractivity contribution in [2.75, 3.05) is 10.2 Å². The van der Waals surface area contributed by atoms with Crippen LogP contribution in [0.25, 0.3) is 0 Å². The third-order valence-corrected chi connectivity index (χ3v) is 5.17. The number of hydrogen-bond donors (Lipinski definition) is 1. The second-order valence-electron chi connectivity index (χ2n) is 6.95. The van der Waals surface area contributed by atoms with Gasteiger partial charge in [0.2, 0.25) is 5.91 Å². The summed E-state index contributed by atoms with van der Waals surface area (Å²) in [5.41, 5.74) is 3.16. The summed E-state index contributed by atoms with van der Waals surface area (Å²) in [5, 5.41) is 14.6. The maximum Gasteiger partial charge on any atom is 0.269 e. The van der Waals surface area contributed by atoms with E-state index in [9.17, 15) is 19.7 Å². The lowest BCUT2D eigenvalue weighted by Gasteiger charge is -2.33. The molecule has 0 saturated heterocycles. The molecule has 0 saturated carbocycles. The van der Waals surface area contributed by atoms with Crippen LogP contribution in [-0.2, 0) is 9.59 Å². The Morgan fingerprint density at radius 3 is 2.71 bits per heavy atom. The highest BCUT2D eigenvalue weighted by Gasteiger charge is 2.38. The first-order valence-corrected chi connectivity index (χ1v) is 9.14. The Balaban J connectivity index is 2.00. The van der Waals surface area contributed by atoms with E-state index in [1.165, 1.54) is 19.1 Å². The highest BCUT2D eigenvalue weighted by Crippen LogP contribution is 2.45. The average Bonchev–Trinajstić information content (AvgIpc) is 2.83. The first-order chi connectivity index (χ1) is 13.5. The van der Waals surface area contributed by atoms with Gasteiger partial charge in [-0.3, -0.25) is 24.6 Å². The highest BCUT2D eigenvalue weighted by atomic mass is 16.6. The Morgan fingerprint density at radius 1 is 1.18 bits per heavy atom. The molecule has 0 radical (unpaired) electrons. The van der Waals surface area contributed by atoms with Crippen LogP contribution < -0.4 is 10.2 Å². The number of amides is 1. The van der Waals surface area contributed by atoms with Crippen molar-refractivity contribution in [2.24, 2.45) is 0 Å². The summed E-state index contributed by atoms with van der Waals surface area (Å²) in [4.78, 5) is 38.1. The van der Waals surface area contributed by atoms with Crippen LogP contribution in [0.3, 0.4) is 0 Å². The molecule has 1 atom stereocenters. The number of allylic oxidation sites excluding steroid dienone is 1. The van der Waals surface area contributed by atoms with E-state index in [1.807, 2.05) is 24.3 Å². The van der Waals surface area contributed by atoms with Gasteiger partial charge in [0.25, 0.3) is 5.69 Å². The maximum absolute atomic E-state index is 12.9. The zero-order chi connectivity index (χ0) is 19.8. The molecule has 2 aromatic carbocycles. The molecule has 28 heavy (non-hydrogen) atoms. The van der Waals surface area contributed by atoms with Crippen molar-refractivity contribution in [3.05, 3.63) is 75.5 Å². The summed E-state index contributed by atoms with van der Waals surface area (Å²) in [6.45, 7) is 1.44. The Labute approximate surface area is 161 Å². The highest BCUT2D eigenvalue weighted by molar-refractivity contribution is 6.05. The molecule has 2 aliphatic rings. The molecule has 0 fully saturated rings. The van der Waals surface area contributed by atoms with Crippen LogP contribution in [0.1, 0.15) is 37.8 Å². The number of Topliss-reactive ketones (excluding diaryl/α,β-unsaturated/α-hetero) is 1. The molecule has 1 heterocycles. The Morgan fingerprint density at radius 2 is 1.96 bits per heavy atom. The number of nitro benzene ring substituents is 1. The summed E-state index contributed by atoms with van der Waals surface area (Å²) in [7, 11) is 0. The largest absolute Gasteiger partial charge is 0.357 e. The first kappa shape index (κ1) is 17.9. The molecule has 0 aromatic heterocycles. The lowest BCUT2D eigenvalue weighted by molar-refractivity contribution is -0.384. The van der Waals surface area contributed by atoms with Crippen molar-refractivity contribution in [1.82, 2.24) is 0 Å². The van der Waals surface area contributed by atoms with Gasteiger partial charge in [0.15, 0.2) is 5.78 Å². The van der Waals surface area contributed by atoms with Gasteiger partial charge in [0.05, 0.1) is 22.3 Å². The van der Waals surface area contributed by atoms with Crippen LogP contribution >= 0.6 is 0 Å². The molecule has 1 aliphatic carbocycles. The van der Waals surface area contributed by atoms with Gasteiger partial charge in [-0.05, 0) is 30.5 Å². The maximum atomic E-state index is 12.9. The number of non-ortho nitro benzene ring substituents is 1. The van der Waals surface area contributed by atoms with Crippen LogP contribution in [-0.4, -0.2) is 16.6 Å². The monoisotopic (exact) mass is 377 g/mol. The quantitative estimate of drug-likeness (QED) is 0.628. The summed E-state index contributed by atoms with van der Waals surface area (Å²) in [6, 6.07) is 12.8. The predicted octanol–water partition coefficient (Wildman–Crippen LogP) is 4.12. The zero-order valence-electron chi connectivity index (χ0n) is 15.3. The molecule has 7 nitrogen and oxygen atoms in total. The zero-order valence-corrected chi connectivity index (χ0v) is 15.3. The number of fused-ring (bicyclic) bond motifs is 1. The van der Waals surface area contributed by atoms with Gasteiger partial charge in [-0.25, -0.2) is 0 Å². The van der Waals surface area contributed by atoms with Crippen LogP contribution in [0, 0.1) is 10.1 Å². The molecular formula is C21H19N3O4. The van der Waals surface area contributed by atoms with Gasteiger partial charge in [0.1, 0.15) is 0 Å². The van der Waals surface area contributed by atoms with E-state index in [0.717, 1.165) is 17.8 Å². The summed E-state index contributed by atoms with van der Waals surface area (Å²) >= 11 is 0. The molecular weight excluding hydrogens is 358 g/mol. The minimum Gasteiger partial charge on any atom is -0.357 e. The topological polar surface area (TPSA) is 92.6 Å². The number of carbonyl (C=O) groups excluding carboxylic acids is 2. The van der Waals surface area contributed by atoms with E-state index >= 15 is 0 Å². The number of anilines is 2. The van der Waals surface area contributed by atoms with Crippen molar-refractivity contribution in [2.45, 2.75) is 32.2 Å². The number of nitrogens with zero attached hydrogens (tertiary/aromatic N) is 2. The minimum atomic E-state index is -0.712. The number of nitro groups is 1. The Hall–Kier alpha value is -3.48. The SMILES string of the molecule is CC(=O)N1c2ccccc2NC2=C(C(=O)CCC2)[C@@H]1c1cccc([N+](=O)[O-])c1. The molecule has 7 heteroatoms. The van der Waals surface area contributed by atoms with E-state index in [-0.39, 0.29) is 17.4 Å². The molecule has 2 aromatic rings. The number of rotatable bonds is 2. The minimum absolute atomic E-state index is 0.0377. The normalized spacial score (nSPS) is 18.7. The molecule has 4 rings (SSSR count). The lowest BCUT2D eigenvalue weighted by Crippen LogP contribution is -2.36. The van der Waals surface area contributed by atoms with E-state index in [2.05, 4.69) is 5.32 Å². The first-order valence-electron chi connectivity index (χ1n) is 9.14. The number of para-hydroxylation sites is 2. The van der Waals surface area contributed by atoms with Crippen LogP contribution in [0.5, 0.6) is 0 Å². The average molecular weight is 377 g/mol. The third kappa shape index (κ3) is 2.94. The molecule has 142 valence electrons. The van der Waals surface area contributed by atoms with E-state index < -0.39 is 11.0 Å². The van der Waals surface area contributed by atoms with Crippen LogP contribution in [0.4, 0.5) is 17.1 Å². The van der Waals surface area contributed by atoms with Gasteiger partial charge in [0, 0.05) is 36.7 Å². The summed E-state index contributed by atoms with van der Waals surface area (Å²) < 4.78 is 0. The fourth-order valence-corrected chi connectivity index (χ4v) is 4.01. The number of carbonyl (C=O) groups is 2. The Bertz CT molecular complexity index is 1030. The molecule has 1 aliphatic heterocycles. The molecule has 0 bridgehead atoms. The second kappa shape index (κ2) is 6.92. The van der Waals surface area contributed by atoms with Crippen molar-refractivity contribution in [3.8, 4) is 0 Å². The standard InChI is InChI=1S/C21H19N3O4/c1-13(25)23-18-10-3-2-8-16(18)22-17-9-5-11-19(26)20(17)21(23)14-6-4-7-15(12-14)24(27)28/h2-4,6-8,10,12,21-22H,5,9,11H2,1H3/t21-/m0/s1. The number of benzene rings is 2. The molecule has 1 N–H and O–H groups in total. The van der Waals surface area contributed by atoms with Crippen LogP contribution in [0.2, 0.25) is 0 Å². The number of ketones is 1. The number of nitrogens with one attached hydrogen (secondary N) is 1. The van der Waals surface area contributed by atoms with Gasteiger partial charge in [-0.15, -0.1) is 0 Å². The Kier molecular flexibility index (Phi) is 4.43. The second-order valence-corrected chi connectivity index (χ2v) is 6.95. The van der Waals surface area contributed by atoms with Crippen molar-refractivity contribution >= 4 is 28.8 Å². The fourth-order valence-electron chi connectivity index (χ4n) is 4.01. The van der Waals surface area contributed by atoms with E-state index in [0.29, 0.717) is 29.7 Å². The molecule has 0 unspecified atom stereocenters. The van der Waals surface area contributed by atoms with E-state index in [4.69, 9.17) is 0 Å². The number of hydrogen-bond acceptors (Lipinski definition) is 5. The summed E-state index contributed by atoms with van der Waals surface area (Å²) in [5.74, 6) is -0.276. The van der Waals surface area contributed by atoms with Gasteiger partial charge >= 0.3 is 0 Å². The smallest absolute Gasteiger partial charge is 0.269 e. The fraction of sp³-hybridized carbons (Fsp3) is 0.238. The third-order valence-electron chi connectivity index (χ3n) is 5.17. The van der Waals surface area contributed by atoms with Crippen molar-refractivity contribution < 1.29 is 14.5 Å². The molecule has 0 spiro atoms. The van der Waals surface area contributed by atoms with Gasteiger partial charge in [-0.2, -0.15) is 0 Å². The summed E-state index contributed by atoms with van der Waals surface area (Å²) in [6.07, 6.45) is 1.81. The van der Waals surface area contributed by atoms with Gasteiger partial charge in [-0.1, -0.05) is 24.3 Å². The van der Waals surface area contributed by atoms with Crippen molar-refractivity contribution in [1.29, 1.82) is 0 Å². The van der Waals surface area contributed by atoms with Crippen molar-refractivity contribution in [3.63, 3.8) is 0 Å². The van der Waals surface area contributed by atoms with Crippen LogP contribution in [0.15, 0.2) is 59.8 Å². The van der Waals surface area contributed by atoms with E-state index in [1.54, 1.807) is 17.0 Å². The van der Waals surface area contributed by atoms with Gasteiger partial charge < -0.3 is 5.32 Å². The predicted molar refractivity (Wildman–Crippen MR) is 105 cm³/mol. The lowest BCUT2D eigenvalue weighted by atomic mass is 9.85.